The number of nitriles is 3. The summed E-state index contributed by atoms with van der Waals surface area (Å²) in [5, 5.41) is 71.4. The number of halogens is 3. The number of methoxy groups -OCH3 is 2. The third kappa shape index (κ3) is 12.0. The van der Waals surface area contributed by atoms with Crippen LogP contribution in [0.1, 0.15) is 75.9 Å². The van der Waals surface area contributed by atoms with Crippen molar-refractivity contribution in [2.24, 2.45) is 0 Å². The second kappa shape index (κ2) is 26.2. The standard InChI is InChI=1S/C24H22FN7O2.C23H21FN6O3.C22H19FN6O3/c1-30-7-8-34-20-13-31(12-19(20)30)21-5-6-32(29-21)18-9-16(28-17-11-27-24(33)23(17)18)22-14(10-26)3-2-4-15(22)25;1-23(32)12-29(11-18(23)33-2)19-6-7-30(28-19)17-8-15(27-16-10-26-22(31)21(16)17)20-13(9-25)4-3-5-14(20)24;1-32-18-11-28(10-17(18)30)19-5-6-29(27-19)16-7-14(26-15-9-25-22(31)21(15)16)20-12(8-24)3-2-4-13(20)23/h2-6,9,19-20H,7-8,11-13H2,1H3,(H,27,33);3-8,18,32H,10-12H2,1-2H3,(H,26,31);2-7,17-18,30H,9-11H2,1H3,(H,25,31)/t19-,20?;18-,23+;17-,18+/m001/s1/i;;1D3. The molecule has 4 saturated heterocycles. The number of ether oxygens (including phenoxy) is 3. The van der Waals surface area contributed by atoms with Gasteiger partial charge in [-0.1, -0.05) is 18.2 Å². The van der Waals surface area contributed by atoms with Gasteiger partial charge in [0.1, 0.15) is 35.3 Å². The zero-order chi connectivity index (χ0) is 71.6. The first-order chi connectivity index (χ1) is 49.0. The first-order valence-electron chi connectivity index (χ1n) is 32.9. The van der Waals surface area contributed by atoms with E-state index in [1.54, 1.807) is 72.5 Å². The van der Waals surface area contributed by atoms with E-state index in [0.717, 1.165) is 32.1 Å². The third-order valence-electron chi connectivity index (χ3n) is 18.6. The van der Waals surface area contributed by atoms with E-state index in [1.165, 1.54) is 64.0 Å². The van der Waals surface area contributed by atoms with Gasteiger partial charge in [-0.2, -0.15) is 31.1 Å². The Morgan fingerprint density at radius 2 is 1.02 bits per heavy atom. The zero-order valence-electron chi connectivity index (χ0n) is 56.2. The van der Waals surface area contributed by atoms with Crippen LogP contribution in [0.2, 0.25) is 0 Å². The van der Waals surface area contributed by atoms with Crippen LogP contribution in [0.5, 0.6) is 0 Å². The summed E-state index contributed by atoms with van der Waals surface area (Å²) >= 11 is 0. The molecule has 3 aromatic carbocycles. The van der Waals surface area contributed by atoms with Gasteiger partial charge >= 0.3 is 0 Å². The molecule has 99 heavy (non-hydrogen) atoms. The second-order valence-corrected chi connectivity index (χ2v) is 24.7. The number of β-amino-alcohol motifs (C(OH)–C–C–N with tert-alkyl or cyclic N) is 2. The van der Waals surface area contributed by atoms with Gasteiger partial charge in [0, 0.05) is 90.2 Å². The van der Waals surface area contributed by atoms with E-state index in [-0.39, 0.29) is 113 Å². The van der Waals surface area contributed by atoms with Gasteiger partial charge in [0.2, 0.25) is 0 Å². The van der Waals surface area contributed by atoms with Crippen molar-refractivity contribution in [3.63, 3.8) is 0 Å². The quantitative estimate of drug-likeness (QED) is 0.115. The van der Waals surface area contributed by atoms with Gasteiger partial charge in [0.05, 0.1) is 175 Å². The van der Waals surface area contributed by atoms with Gasteiger partial charge in [0.25, 0.3) is 17.7 Å². The number of carbonyl (C=O) groups is 3. The Kier molecular flexibility index (Phi) is 16.2. The van der Waals surface area contributed by atoms with Crippen LogP contribution in [-0.2, 0) is 33.8 Å². The highest BCUT2D eigenvalue weighted by atomic mass is 19.1. The molecule has 4 fully saturated rings. The van der Waals surface area contributed by atoms with Gasteiger partial charge in [0.15, 0.2) is 17.5 Å². The lowest BCUT2D eigenvalue weighted by Crippen LogP contribution is -2.48. The van der Waals surface area contributed by atoms with Crippen LogP contribution in [0.4, 0.5) is 30.6 Å². The van der Waals surface area contributed by atoms with Crippen molar-refractivity contribution >= 4 is 35.2 Å². The Morgan fingerprint density at radius 1 is 0.596 bits per heavy atom. The number of aliphatic hydroxyl groups excluding tert-OH is 1. The summed E-state index contributed by atoms with van der Waals surface area (Å²) in [7, 11) is 1.03. The highest BCUT2D eigenvalue weighted by Crippen LogP contribution is 2.37. The van der Waals surface area contributed by atoms with E-state index in [1.807, 2.05) is 29.2 Å². The topological polar surface area (TPSA) is 332 Å². The molecule has 7 aliphatic heterocycles. The number of anilines is 3. The van der Waals surface area contributed by atoms with Crippen molar-refractivity contribution in [1.29, 1.82) is 15.8 Å². The van der Waals surface area contributed by atoms with Crippen molar-refractivity contribution in [1.82, 2.24) is 65.1 Å². The summed E-state index contributed by atoms with van der Waals surface area (Å²) < 4.78 is 86.9. The lowest BCUT2D eigenvalue weighted by Gasteiger charge is -2.33. The Morgan fingerprint density at radius 3 is 1.41 bits per heavy atom. The number of nitrogens with zero attached hydrogens (tertiary/aromatic N) is 16. The fourth-order valence-electron chi connectivity index (χ4n) is 13.6. The molecule has 6 atom stereocenters. The van der Waals surface area contributed by atoms with E-state index in [2.05, 4.69) is 57.9 Å². The van der Waals surface area contributed by atoms with Crippen molar-refractivity contribution in [3.8, 4) is 69.0 Å². The summed E-state index contributed by atoms with van der Waals surface area (Å²) in [5.41, 5.74) is 4.02. The average Bonchev–Trinajstić information content (AvgIpc) is 1.56. The minimum atomic E-state index is -2.64. The third-order valence-corrected chi connectivity index (χ3v) is 18.6. The highest BCUT2D eigenvalue weighted by molar-refractivity contribution is 6.03. The number of fused-ring (bicyclic) bond motifs is 4. The number of nitrogens with one attached hydrogen (secondary N) is 3. The summed E-state index contributed by atoms with van der Waals surface area (Å²) in [6, 6.07) is 29.1. The molecule has 0 radical (unpaired) electrons. The van der Waals surface area contributed by atoms with Crippen LogP contribution in [0.25, 0.3) is 50.8 Å². The van der Waals surface area contributed by atoms with E-state index in [4.69, 9.17) is 23.4 Å². The number of hydrogen-bond acceptors (Lipinski definition) is 21. The molecule has 5 N–H and O–H groups in total. The summed E-state index contributed by atoms with van der Waals surface area (Å²) in [4.78, 5) is 59.2. The van der Waals surface area contributed by atoms with Crippen molar-refractivity contribution in [2.45, 2.75) is 62.6 Å². The molecule has 6 aromatic heterocycles. The van der Waals surface area contributed by atoms with Crippen LogP contribution in [0, 0.1) is 51.4 Å². The Balaban J connectivity index is 0.000000130. The maximum absolute atomic E-state index is 14.8. The Bertz CT molecular complexity index is 5010. The minimum absolute atomic E-state index is 0.0260. The first kappa shape index (κ1) is 61.2. The SMILES string of the molecule is CN1CCOC2CN(c3ccn(-c4cc(-c5c(F)cccc5C#N)nc5c4C(=O)NC5)n3)C[C@@H]21.CO[C@H]1CN(c2ccn(-c3cc(-c4c(F)cccc4C#N)nc4c3C(=O)NC4)n2)C[C@@]1(C)O.[2H]C([2H])([2H])O[C@H]1CN(c2ccn(-c3cc(-c4c(F)cccc4C#N)nc4c3C(=O)NC4)n2)C[C@H]1O. The predicted octanol–water partition coefficient (Wildman–Crippen LogP) is 4.87. The summed E-state index contributed by atoms with van der Waals surface area (Å²) in [5.74, 6) is -0.837. The number of aromatic nitrogens is 9. The second-order valence-electron chi connectivity index (χ2n) is 24.7. The minimum Gasteiger partial charge on any atom is -0.388 e. The lowest BCUT2D eigenvalue weighted by molar-refractivity contribution is -0.0472. The van der Waals surface area contributed by atoms with Crippen LogP contribution in [0.15, 0.2) is 110 Å². The van der Waals surface area contributed by atoms with Gasteiger partial charge < -0.3 is 55.1 Å². The monoisotopic (exact) mass is 1340 g/mol. The Hall–Kier alpha value is -11.4. The van der Waals surface area contributed by atoms with E-state index < -0.39 is 42.3 Å². The molecule has 0 saturated carbocycles. The van der Waals surface area contributed by atoms with Gasteiger partial charge in [-0.3, -0.25) is 19.3 Å². The van der Waals surface area contributed by atoms with Crippen LogP contribution in [0.3, 0.4) is 0 Å². The molecule has 0 spiro atoms. The lowest BCUT2D eigenvalue weighted by atomic mass is 10.0. The fourth-order valence-corrected chi connectivity index (χ4v) is 13.6. The number of pyridine rings is 3. The highest BCUT2D eigenvalue weighted by Gasteiger charge is 2.44. The smallest absolute Gasteiger partial charge is 0.255 e. The van der Waals surface area contributed by atoms with Crippen molar-refractivity contribution in [3.05, 3.63) is 178 Å². The normalized spacial score (nSPS) is 21.7. The van der Waals surface area contributed by atoms with Gasteiger partial charge in [-0.15, -0.1) is 0 Å². The Labute approximate surface area is 567 Å². The number of morpholine rings is 1. The summed E-state index contributed by atoms with van der Waals surface area (Å²) in [6.45, 7) is 6.49. The molecular formula is C69H62F3N19O8. The molecule has 0 bridgehead atoms. The maximum atomic E-state index is 14.8. The largest absolute Gasteiger partial charge is 0.388 e. The number of amides is 3. The molecule has 502 valence electrons. The molecule has 13 heterocycles. The molecule has 0 aliphatic carbocycles. The van der Waals surface area contributed by atoms with E-state index >= 15 is 0 Å². The molecule has 9 aromatic rings. The molecule has 3 amide bonds. The number of hydrogen-bond donors (Lipinski definition) is 5. The van der Waals surface area contributed by atoms with Crippen LogP contribution in [-0.4, -0.2) is 187 Å². The molecule has 7 aliphatic rings. The van der Waals surface area contributed by atoms with Crippen molar-refractivity contribution < 1.29 is 56.1 Å². The van der Waals surface area contributed by atoms with Crippen LogP contribution >= 0.6 is 0 Å². The van der Waals surface area contributed by atoms with E-state index in [0.29, 0.717) is 81.7 Å². The number of carbonyl (C=O) groups excluding carboxylic acids is 3. The fraction of sp³-hybridized carbons (Fsp3) is 0.304. The zero-order valence-corrected chi connectivity index (χ0v) is 53.2. The number of likely N-dealkylation sites (N-methyl/N-ethyl adjacent to an activating group) is 1. The molecule has 16 rings (SSSR count). The van der Waals surface area contributed by atoms with Crippen LogP contribution < -0.4 is 30.7 Å². The van der Waals surface area contributed by atoms with Gasteiger partial charge in [-0.05, 0) is 68.6 Å². The summed E-state index contributed by atoms with van der Waals surface area (Å²) in [6.07, 6.45) is 2.92. The number of rotatable bonds is 11. The van der Waals surface area contributed by atoms with E-state index in [9.17, 15) is 53.6 Å². The molecule has 1 unspecified atom stereocenters. The molecule has 30 heteroatoms. The van der Waals surface area contributed by atoms with Gasteiger partial charge in [-0.25, -0.2) is 42.2 Å². The first-order valence-corrected chi connectivity index (χ1v) is 31.4. The molecular weight excluding hydrogens is 1280 g/mol. The number of aliphatic hydroxyl groups is 2. The van der Waals surface area contributed by atoms with Crippen molar-refractivity contribution in [2.75, 3.05) is 88.3 Å². The molecule has 27 nitrogen and oxygen atoms in total. The maximum Gasteiger partial charge on any atom is 0.255 e. The number of benzene rings is 3. The average molecular weight is 1350 g/mol. The predicted molar refractivity (Wildman–Crippen MR) is 349 cm³/mol.